The number of rotatable bonds is 43. The van der Waals surface area contributed by atoms with Crippen molar-refractivity contribution >= 4 is 53.0 Å². The fourth-order valence-corrected chi connectivity index (χ4v) is 7.04. The van der Waals surface area contributed by atoms with Crippen LogP contribution in [-0.2, 0) is 80.9 Å². The number of aliphatic imine (C=N–C) groups is 1. The molecule has 0 saturated carbocycles. The predicted octanol–water partition coefficient (Wildman–Crippen LogP) is 0.116. The average Bonchev–Trinajstić information content (AvgIpc) is 3.63. The predicted molar refractivity (Wildman–Crippen MR) is 276 cm³/mol. The van der Waals surface area contributed by atoms with Crippen molar-refractivity contribution in [2.75, 3.05) is 178 Å². The van der Waals surface area contributed by atoms with E-state index in [4.69, 9.17) is 62.7 Å². The second-order valence-corrected chi connectivity index (χ2v) is 16.8. The van der Waals surface area contributed by atoms with Gasteiger partial charge in [-0.3, -0.25) is 43.5 Å². The monoisotopic (exact) mass is 1090 g/mol. The summed E-state index contributed by atoms with van der Waals surface area (Å²) in [5.74, 6) is -2.02. The van der Waals surface area contributed by atoms with Crippen LogP contribution in [0.4, 0.5) is 5.69 Å². The summed E-state index contributed by atoms with van der Waals surface area (Å²) in [6, 6.07) is 1.62. The maximum Gasteiger partial charge on any atom is 0.273 e. The van der Waals surface area contributed by atoms with Gasteiger partial charge in [0.05, 0.1) is 181 Å². The number of aromatic nitrogens is 1. The molecule has 0 spiro atoms. The van der Waals surface area contributed by atoms with E-state index in [1.165, 1.54) is 17.5 Å². The Balaban J connectivity index is 0.859. The molecule has 0 radical (unpaired) electrons. The molecule has 0 aliphatic carbocycles. The zero-order valence-electron chi connectivity index (χ0n) is 44.5. The first-order valence-corrected chi connectivity index (χ1v) is 26.0. The summed E-state index contributed by atoms with van der Waals surface area (Å²) in [5, 5.41) is 6.62. The third kappa shape index (κ3) is 27.0. The van der Waals surface area contributed by atoms with Gasteiger partial charge in [-0.2, -0.15) is 0 Å². The molecule has 77 heavy (non-hydrogen) atoms. The van der Waals surface area contributed by atoms with Crippen LogP contribution in [0.1, 0.15) is 49.2 Å². The van der Waals surface area contributed by atoms with E-state index in [9.17, 15) is 28.8 Å². The second kappa shape index (κ2) is 39.7. The molecule has 26 heteroatoms. The van der Waals surface area contributed by atoms with E-state index in [-0.39, 0.29) is 69.2 Å². The lowest BCUT2D eigenvalue weighted by Crippen LogP contribution is -2.45. The number of hydrogen-bond acceptors (Lipinski definition) is 21. The zero-order chi connectivity index (χ0) is 55.1. The van der Waals surface area contributed by atoms with Crippen LogP contribution in [0.25, 0.3) is 6.08 Å². The van der Waals surface area contributed by atoms with Gasteiger partial charge in [0.1, 0.15) is 12.4 Å². The Kier molecular flexibility index (Phi) is 32.9. The molecule has 0 bridgehead atoms. The van der Waals surface area contributed by atoms with E-state index in [1.807, 2.05) is 13.8 Å². The Labute approximate surface area is 449 Å². The fourth-order valence-electron chi connectivity index (χ4n) is 7.04. The first-order chi connectivity index (χ1) is 37.6. The standard InChI is InChI=1S/C51H78N8O18/c1-3-11-59(77-4-2)51(65)40-34-43-44(56-45(52)36-40)35-41(37-55-43)50(64)57-12-15-76-42(38-57)7-9-53-46(60)8-13-66-16-18-68-20-22-70-24-26-72-28-30-74-32-33-75-31-29-73-27-25-71-23-21-69-19-17-67-14-10-54-47(61)39-58-48(62)5-6-49(58)63/h5-7,9,34-35,37,42H,3-4,8,10-33,36,38-39H2,1-2H3,(H2,52,56)(H,53,60)(H,54,61)/b9-7+. The minimum atomic E-state index is -0.501. The number of hydroxylamine groups is 2. The average molecular weight is 1090 g/mol. The Morgan fingerprint density at radius 1 is 0.740 bits per heavy atom. The molecule has 4 heterocycles. The quantitative estimate of drug-likeness (QED) is 0.0444. The number of morpholine rings is 1. The first-order valence-electron chi connectivity index (χ1n) is 26.0. The molecule has 1 aromatic heterocycles. The number of pyridine rings is 1. The van der Waals surface area contributed by atoms with Crippen molar-refractivity contribution in [3.63, 3.8) is 0 Å². The van der Waals surface area contributed by atoms with Gasteiger partial charge in [-0.05, 0) is 31.6 Å². The molecule has 1 saturated heterocycles. The van der Waals surface area contributed by atoms with Gasteiger partial charge < -0.3 is 73.4 Å². The molecular formula is C51H78N8O18. The summed E-state index contributed by atoms with van der Waals surface area (Å²) in [5.41, 5.74) is 7.71. The van der Waals surface area contributed by atoms with E-state index < -0.39 is 23.8 Å². The molecule has 3 aliphatic rings. The van der Waals surface area contributed by atoms with Gasteiger partial charge in [0.15, 0.2) is 0 Å². The number of carbonyl (C=O) groups is 6. The van der Waals surface area contributed by atoms with Crippen LogP contribution in [0.15, 0.2) is 47.3 Å². The maximum absolute atomic E-state index is 13.5. The number of amidine groups is 1. The third-order valence-electron chi connectivity index (χ3n) is 10.8. The van der Waals surface area contributed by atoms with Gasteiger partial charge in [0.25, 0.3) is 23.6 Å². The molecule has 430 valence electrons. The van der Waals surface area contributed by atoms with E-state index >= 15 is 0 Å². The molecule has 3 aliphatic heterocycles. The smallest absolute Gasteiger partial charge is 0.273 e. The van der Waals surface area contributed by atoms with E-state index in [1.54, 1.807) is 23.1 Å². The third-order valence-corrected chi connectivity index (χ3v) is 10.8. The minimum Gasteiger partial charge on any atom is -0.387 e. The summed E-state index contributed by atoms with van der Waals surface area (Å²) >= 11 is 0. The highest BCUT2D eigenvalue weighted by Crippen LogP contribution is 2.27. The molecular weight excluding hydrogens is 1010 g/mol. The molecule has 1 aromatic rings. The SMILES string of the molecule is CCCN(OCC)C(=O)C1=Cc2ncc(C(=O)N3CCOC(/C=C/NC(=O)CCOCCOCCOCCOCCOCCOCCOCCOCCOCCOCCNC(=O)CN4C(=O)C=CC4=O)C3)cc2N=C(N)C1. The first kappa shape index (κ1) is 63.9. The summed E-state index contributed by atoms with van der Waals surface area (Å²) < 4.78 is 60.6. The van der Waals surface area contributed by atoms with Crippen LogP contribution in [0, 0.1) is 0 Å². The number of hydrogen-bond donors (Lipinski definition) is 3. The van der Waals surface area contributed by atoms with Crippen molar-refractivity contribution < 1.29 is 85.7 Å². The summed E-state index contributed by atoms with van der Waals surface area (Å²) in [7, 11) is 0. The molecule has 6 amide bonds. The summed E-state index contributed by atoms with van der Waals surface area (Å²) in [6.45, 7) is 13.2. The van der Waals surface area contributed by atoms with Crippen LogP contribution in [0.2, 0.25) is 0 Å². The van der Waals surface area contributed by atoms with Gasteiger partial charge in [-0.1, -0.05) is 6.92 Å². The molecule has 26 nitrogen and oxygen atoms in total. The number of nitrogens with two attached hydrogens (primary N) is 1. The summed E-state index contributed by atoms with van der Waals surface area (Å²) in [6.07, 6.45) is 9.10. The van der Waals surface area contributed by atoms with Crippen molar-refractivity contribution in [2.24, 2.45) is 10.7 Å². The highest BCUT2D eigenvalue weighted by molar-refractivity contribution is 6.14. The molecule has 1 fully saturated rings. The molecule has 1 atom stereocenters. The Morgan fingerprint density at radius 3 is 1.78 bits per heavy atom. The number of nitrogens with zero attached hydrogens (tertiary/aromatic N) is 5. The number of amides is 6. The van der Waals surface area contributed by atoms with E-state index in [0.29, 0.717) is 168 Å². The highest BCUT2D eigenvalue weighted by Gasteiger charge is 2.27. The number of nitrogens with one attached hydrogen (secondary N) is 2. The molecule has 1 unspecified atom stereocenters. The number of imide groups is 1. The number of carbonyl (C=O) groups excluding carboxylic acids is 6. The maximum atomic E-state index is 13.5. The summed E-state index contributed by atoms with van der Waals surface area (Å²) in [4.78, 5) is 90.8. The largest absolute Gasteiger partial charge is 0.387 e. The highest BCUT2D eigenvalue weighted by atomic mass is 16.7. The van der Waals surface area contributed by atoms with Crippen LogP contribution < -0.4 is 16.4 Å². The van der Waals surface area contributed by atoms with Crippen molar-refractivity contribution in [1.82, 2.24) is 30.5 Å². The van der Waals surface area contributed by atoms with Crippen LogP contribution in [0.5, 0.6) is 0 Å². The van der Waals surface area contributed by atoms with Gasteiger partial charge in [-0.25, -0.2) is 10.1 Å². The van der Waals surface area contributed by atoms with Crippen molar-refractivity contribution in [3.05, 3.63) is 53.5 Å². The van der Waals surface area contributed by atoms with E-state index in [2.05, 4.69) is 20.6 Å². The Morgan fingerprint density at radius 2 is 1.26 bits per heavy atom. The molecule has 4 rings (SSSR count). The lowest BCUT2D eigenvalue weighted by Gasteiger charge is -2.31. The van der Waals surface area contributed by atoms with Gasteiger partial charge in [0, 0.05) is 56.2 Å². The van der Waals surface area contributed by atoms with Crippen molar-refractivity contribution in [3.8, 4) is 0 Å². The van der Waals surface area contributed by atoms with Crippen LogP contribution in [0.3, 0.4) is 0 Å². The Hall–Kier alpha value is -5.62. The normalized spacial score (nSPS) is 15.4. The number of ether oxygens (including phenoxy) is 11. The lowest BCUT2D eigenvalue weighted by molar-refractivity contribution is -0.180. The number of fused-ring (bicyclic) bond motifs is 1. The van der Waals surface area contributed by atoms with Crippen molar-refractivity contribution in [1.29, 1.82) is 0 Å². The molecule has 4 N–H and O–H groups in total. The van der Waals surface area contributed by atoms with Gasteiger partial charge >= 0.3 is 0 Å². The van der Waals surface area contributed by atoms with Gasteiger partial charge in [0.2, 0.25) is 11.8 Å². The van der Waals surface area contributed by atoms with Gasteiger partial charge in [-0.15, -0.1) is 0 Å². The minimum absolute atomic E-state index is 0.117. The van der Waals surface area contributed by atoms with Crippen molar-refractivity contribution in [2.45, 2.75) is 39.2 Å². The topological polar surface area (TPSA) is 298 Å². The Bertz CT molecular complexity index is 2050. The lowest BCUT2D eigenvalue weighted by atomic mass is 10.1. The fraction of sp³-hybridized carbons (Fsp3) is 0.647. The zero-order valence-corrected chi connectivity index (χ0v) is 44.5. The van der Waals surface area contributed by atoms with Crippen LogP contribution in [-0.4, -0.2) is 245 Å². The second-order valence-electron chi connectivity index (χ2n) is 16.8. The molecule has 0 aromatic carbocycles. The van der Waals surface area contributed by atoms with Crippen LogP contribution >= 0.6 is 0 Å². The van der Waals surface area contributed by atoms with E-state index in [0.717, 1.165) is 23.5 Å².